The normalized spacial score (nSPS) is 16.0. The smallest absolute Gasteiger partial charge is 0.154 e. The molecule has 10 rings (SSSR count). The Hall–Kier alpha value is -6.82. The van der Waals surface area contributed by atoms with E-state index in [1.54, 1.807) is 19.5 Å². The molecule has 2 aliphatic heterocycles. The fourth-order valence-corrected chi connectivity index (χ4v) is 8.04. The zero-order valence-electron chi connectivity index (χ0n) is 37.5. The number of morpholine rings is 1. The topological polar surface area (TPSA) is 185 Å². The van der Waals surface area contributed by atoms with E-state index in [0.29, 0.717) is 60.5 Å². The number of aromatic nitrogens is 12. The van der Waals surface area contributed by atoms with Crippen LogP contribution in [0.1, 0.15) is 69.9 Å². The second-order valence-electron chi connectivity index (χ2n) is 17.3. The Morgan fingerprint density at radius 1 is 0.600 bits per heavy atom. The molecule has 0 aliphatic carbocycles. The quantitative estimate of drug-likeness (QED) is 0.100. The van der Waals surface area contributed by atoms with Crippen LogP contribution in [0.4, 0.5) is 23.3 Å². The lowest BCUT2D eigenvalue weighted by Crippen LogP contribution is -2.43. The molecule has 2 unspecified atom stereocenters. The van der Waals surface area contributed by atoms with E-state index in [1.807, 2.05) is 82.8 Å². The molecule has 17 nitrogen and oxygen atoms in total. The second-order valence-corrected chi connectivity index (χ2v) is 17.3. The van der Waals surface area contributed by atoms with Crippen LogP contribution in [-0.4, -0.2) is 110 Å². The molecule has 65 heavy (non-hydrogen) atoms. The number of fused-ring (bicyclic) bond motifs is 4. The van der Waals surface area contributed by atoms with Gasteiger partial charge in [0.15, 0.2) is 11.6 Å². The summed E-state index contributed by atoms with van der Waals surface area (Å²) in [6.45, 7) is 14.0. The SMILES string of the molecule is CC(C)c1cnnc(Nc2ccc3ncc(-c4cnn(CCCN5CC6CCC(C5)O6)c4)cc3n2)c1.COCCn1cc(-c2cnc3ccc(Nc4cc(C(C)C)cnn4)nc3c2)cn1. The van der Waals surface area contributed by atoms with Gasteiger partial charge >= 0.3 is 0 Å². The van der Waals surface area contributed by atoms with Gasteiger partial charge in [-0.3, -0.25) is 24.2 Å². The number of hydrogen-bond donors (Lipinski definition) is 2. The molecule has 0 amide bonds. The van der Waals surface area contributed by atoms with Gasteiger partial charge < -0.3 is 20.1 Å². The first kappa shape index (κ1) is 43.4. The lowest BCUT2D eigenvalue weighted by Gasteiger charge is -2.31. The summed E-state index contributed by atoms with van der Waals surface area (Å²) in [5.41, 5.74) is 9.55. The summed E-state index contributed by atoms with van der Waals surface area (Å²) in [6.07, 6.45) is 19.5. The van der Waals surface area contributed by atoms with Crippen molar-refractivity contribution in [3.8, 4) is 22.3 Å². The van der Waals surface area contributed by atoms with E-state index in [9.17, 15) is 0 Å². The summed E-state index contributed by atoms with van der Waals surface area (Å²) in [4.78, 5) is 21.2. The summed E-state index contributed by atoms with van der Waals surface area (Å²) >= 11 is 0. The third-order valence-corrected chi connectivity index (χ3v) is 11.7. The van der Waals surface area contributed by atoms with Gasteiger partial charge in [-0.25, -0.2) is 9.97 Å². The highest BCUT2D eigenvalue weighted by Gasteiger charge is 2.33. The van der Waals surface area contributed by atoms with E-state index in [4.69, 9.17) is 19.4 Å². The number of nitrogens with zero attached hydrogens (tertiary/aromatic N) is 13. The Balaban J connectivity index is 0.000000168. The Bertz CT molecular complexity index is 2850. The zero-order valence-corrected chi connectivity index (χ0v) is 37.5. The first-order valence-electron chi connectivity index (χ1n) is 22.4. The monoisotopic (exact) mass is 873 g/mol. The molecular weight excluding hydrogens is 819 g/mol. The lowest BCUT2D eigenvalue weighted by atomic mass is 10.1. The van der Waals surface area contributed by atoms with Gasteiger partial charge in [-0.15, -0.1) is 10.2 Å². The molecular formula is C48H55N15O2. The van der Waals surface area contributed by atoms with Crippen LogP contribution in [0.15, 0.2) is 98.1 Å². The van der Waals surface area contributed by atoms with Crippen molar-refractivity contribution in [2.75, 3.05) is 44.0 Å². The first-order valence-corrected chi connectivity index (χ1v) is 22.4. The van der Waals surface area contributed by atoms with Crippen molar-refractivity contribution in [1.82, 2.24) is 64.8 Å². The first-order chi connectivity index (χ1) is 31.7. The molecule has 0 saturated carbocycles. The molecule has 0 spiro atoms. The molecule has 2 saturated heterocycles. The van der Waals surface area contributed by atoms with Crippen molar-refractivity contribution in [3.05, 3.63) is 109 Å². The van der Waals surface area contributed by atoms with Crippen LogP contribution in [0.2, 0.25) is 0 Å². The van der Waals surface area contributed by atoms with Crippen molar-refractivity contribution in [1.29, 1.82) is 0 Å². The molecule has 2 bridgehead atoms. The summed E-state index contributed by atoms with van der Waals surface area (Å²) in [7, 11) is 1.68. The fraction of sp³-hybridized carbons (Fsp3) is 0.375. The third kappa shape index (κ3) is 10.9. The van der Waals surface area contributed by atoms with Crippen LogP contribution in [0.25, 0.3) is 44.3 Å². The maximum atomic E-state index is 5.95. The van der Waals surface area contributed by atoms with E-state index >= 15 is 0 Å². The molecule has 0 radical (unpaired) electrons. The average molecular weight is 874 g/mol. The average Bonchev–Trinajstić information content (AvgIpc) is 4.08. The Morgan fingerprint density at radius 2 is 1.12 bits per heavy atom. The number of methoxy groups -OCH3 is 1. The van der Waals surface area contributed by atoms with Crippen molar-refractivity contribution < 1.29 is 9.47 Å². The van der Waals surface area contributed by atoms with E-state index in [1.165, 1.54) is 12.8 Å². The van der Waals surface area contributed by atoms with Crippen molar-refractivity contribution in [2.24, 2.45) is 0 Å². The van der Waals surface area contributed by atoms with Crippen LogP contribution in [-0.2, 0) is 22.6 Å². The number of nitrogens with one attached hydrogen (secondary N) is 2. The summed E-state index contributed by atoms with van der Waals surface area (Å²) < 4.78 is 14.9. The minimum Gasteiger partial charge on any atom is -0.383 e. The number of anilines is 4. The Kier molecular flexibility index (Phi) is 13.3. The molecule has 2 fully saturated rings. The standard InChI is InChI=1S/C27H32N8O.C21H23N7O/c1-18(2)19-11-27(33-29-13-19)32-26-7-6-24-25(31-26)10-20(12-28-24)21-14-30-35(15-21)9-3-8-34-16-22-4-5-23(17-34)36-22;1-14(2)15-9-21(27-23-11-15)26-20-5-4-18-19(25-20)8-16(10-22-18)17-12-24-28(13-17)6-7-29-3/h6-7,10-15,18,22-23H,3-5,8-9,16-17H2,1-2H3,(H,31,32,33);4-5,8-14H,6-7H2,1-3H3,(H,25,26,27). The molecule has 8 aromatic rings. The predicted molar refractivity (Wildman–Crippen MR) is 251 cm³/mol. The van der Waals surface area contributed by atoms with Gasteiger partial charge in [0, 0.05) is 80.3 Å². The Morgan fingerprint density at radius 3 is 1.63 bits per heavy atom. The zero-order chi connectivity index (χ0) is 44.7. The molecule has 2 aliphatic rings. The molecule has 334 valence electrons. The highest BCUT2D eigenvalue weighted by atomic mass is 16.5. The van der Waals surface area contributed by atoms with Crippen molar-refractivity contribution >= 4 is 45.3 Å². The minimum absolute atomic E-state index is 0.382. The van der Waals surface area contributed by atoms with Crippen molar-refractivity contribution in [2.45, 2.75) is 84.1 Å². The van der Waals surface area contributed by atoms with Gasteiger partial charge in [-0.05, 0) is 90.8 Å². The van der Waals surface area contributed by atoms with Gasteiger partial charge in [0.25, 0.3) is 0 Å². The molecule has 17 heteroatoms. The highest BCUT2D eigenvalue weighted by Crippen LogP contribution is 2.28. The van der Waals surface area contributed by atoms with Gasteiger partial charge in [0.1, 0.15) is 11.6 Å². The van der Waals surface area contributed by atoms with Gasteiger partial charge in [0.2, 0.25) is 0 Å². The minimum atomic E-state index is 0.382. The van der Waals surface area contributed by atoms with E-state index < -0.39 is 0 Å². The van der Waals surface area contributed by atoms with Crippen LogP contribution in [0, 0.1) is 0 Å². The highest BCUT2D eigenvalue weighted by molar-refractivity contribution is 5.83. The summed E-state index contributed by atoms with van der Waals surface area (Å²) in [5.74, 6) is 3.53. The Labute approximate surface area is 378 Å². The number of hydrogen-bond acceptors (Lipinski definition) is 15. The van der Waals surface area contributed by atoms with Crippen LogP contribution < -0.4 is 10.6 Å². The lowest BCUT2D eigenvalue weighted by molar-refractivity contribution is -0.0387. The maximum Gasteiger partial charge on any atom is 0.154 e. The maximum absolute atomic E-state index is 5.95. The van der Waals surface area contributed by atoms with Gasteiger partial charge in [-0.1, -0.05) is 27.7 Å². The molecule has 8 aromatic heterocycles. The number of rotatable bonds is 15. The number of aryl methyl sites for hydroxylation is 1. The largest absolute Gasteiger partial charge is 0.383 e. The van der Waals surface area contributed by atoms with Crippen LogP contribution in [0.3, 0.4) is 0 Å². The van der Waals surface area contributed by atoms with Crippen LogP contribution >= 0.6 is 0 Å². The fourth-order valence-electron chi connectivity index (χ4n) is 8.04. The summed E-state index contributed by atoms with van der Waals surface area (Å²) in [6, 6.07) is 15.8. The molecule has 0 aromatic carbocycles. The molecule has 2 atom stereocenters. The number of likely N-dealkylation sites (tertiary alicyclic amines) is 1. The van der Waals surface area contributed by atoms with E-state index in [-0.39, 0.29) is 0 Å². The number of pyridine rings is 4. The summed E-state index contributed by atoms with van der Waals surface area (Å²) in [5, 5.41) is 32.0. The molecule has 2 N–H and O–H groups in total. The van der Waals surface area contributed by atoms with Crippen molar-refractivity contribution in [3.63, 3.8) is 0 Å². The molecule has 10 heterocycles. The second kappa shape index (κ2) is 19.9. The third-order valence-electron chi connectivity index (χ3n) is 11.7. The van der Waals surface area contributed by atoms with Gasteiger partial charge in [0.05, 0.1) is 72.2 Å². The number of ether oxygens (including phenoxy) is 2. The van der Waals surface area contributed by atoms with E-state index in [2.05, 4.69) is 96.1 Å². The van der Waals surface area contributed by atoms with Crippen LogP contribution in [0.5, 0.6) is 0 Å². The van der Waals surface area contributed by atoms with E-state index in [0.717, 1.165) is 88.0 Å². The van der Waals surface area contributed by atoms with Gasteiger partial charge in [-0.2, -0.15) is 20.4 Å². The predicted octanol–water partition coefficient (Wildman–Crippen LogP) is 8.20.